The van der Waals surface area contributed by atoms with E-state index in [2.05, 4.69) is 25.2 Å². The molecule has 0 aromatic heterocycles. The first-order chi connectivity index (χ1) is 13.7. The van der Waals surface area contributed by atoms with Gasteiger partial charge in [-0.2, -0.15) is 0 Å². The molecule has 0 radical (unpaired) electrons. The Morgan fingerprint density at radius 3 is 2.52 bits per heavy atom. The monoisotopic (exact) mass is 392 g/mol. The van der Waals surface area contributed by atoms with E-state index >= 15 is 0 Å². The summed E-state index contributed by atoms with van der Waals surface area (Å²) in [5.41, 5.74) is 3.50. The fourth-order valence-corrected chi connectivity index (χ4v) is 3.60. The van der Waals surface area contributed by atoms with Crippen molar-refractivity contribution in [1.29, 1.82) is 0 Å². The van der Waals surface area contributed by atoms with Crippen LogP contribution in [0.15, 0.2) is 60.3 Å². The number of esters is 1. The predicted molar refractivity (Wildman–Crippen MR) is 112 cm³/mol. The molecular formula is C23H24N2O4. The Morgan fingerprint density at radius 1 is 1.10 bits per heavy atom. The Balaban J connectivity index is 1.69. The summed E-state index contributed by atoms with van der Waals surface area (Å²) in [4.78, 5) is 37.9. The number of hydrogen-bond donors (Lipinski definition) is 1. The number of benzene rings is 2. The third-order valence-corrected chi connectivity index (χ3v) is 5.00. The van der Waals surface area contributed by atoms with Crippen LogP contribution in [-0.4, -0.2) is 31.3 Å². The maximum Gasteiger partial charge on any atom is 0.338 e. The van der Waals surface area contributed by atoms with E-state index in [9.17, 15) is 14.4 Å². The molecule has 0 unspecified atom stereocenters. The largest absolute Gasteiger partial charge is 0.454 e. The van der Waals surface area contributed by atoms with Crippen molar-refractivity contribution in [3.05, 3.63) is 71.4 Å². The molecule has 0 saturated heterocycles. The molecule has 1 N–H and O–H groups in total. The van der Waals surface area contributed by atoms with E-state index < -0.39 is 5.97 Å². The lowest BCUT2D eigenvalue weighted by Crippen LogP contribution is -2.25. The van der Waals surface area contributed by atoms with Gasteiger partial charge in [0.25, 0.3) is 0 Å². The first-order valence-electron chi connectivity index (χ1n) is 9.33. The molecule has 0 spiro atoms. The molecule has 2 aromatic carbocycles. The lowest BCUT2D eigenvalue weighted by atomic mass is 9.83. The Morgan fingerprint density at radius 2 is 1.83 bits per heavy atom. The number of fused-ring (bicyclic) bond motifs is 1. The van der Waals surface area contributed by atoms with Crippen LogP contribution < -0.4 is 10.2 Å². The average molecular weight is 392 g/mol. The molecule has 150 valence electrons. The lowest BCUT2D eigenvalue weighted by molar-refractivity contribution is -0.117. The molecule has 0 aliphatic carbocycles. The van der Waals surface area contributed by atoms with Gasteiger partial charge in [0.15, 0.2) is 12.4 Å². The van der Waals surface area contributed by atoms with Gasteiger partial charge >= 0.3 is 5.97 Å². The number of carbonyl (C=O) groups is 3. The van der Waals surface area contributed by atoms with E-state index in [4.69, 9.17) is 4.74 Å². The number of hydrogen-bond acceptors (Lipinski definition) is 5. The van der Waals surface area contributed by atoms with Gasteiger partial charge in [-0.05, 0) is 29.8 Å². The first-order valence-corrected chi connectivity index (χ1v) is 9.33. The fraction of sp³-hybridized carbons (Fsp3) is 0.261. The molecule has 6 nitrogen and oxygen atoms in total. The van der Waals surface area contributed by atoms with Crippen LogP contribution in [0.4, 0.5) is 11.4 Å². The van der Waals surface area contributed by atoms with Crippen LogP contribution >= 0.6 is 0 Å². The van der Waals surface area contributed by atoms with E-state index in [0.717, 1.165) is 16.9 Å². The van der Waals surface area contributed by atoms with Crippen LogP contribution in [0.2, 0.25) is 0 Å². The molecule has 0 saturated carbocycles. The number of ketones is 1. The molecule has 2 aromatic rings. The van der Waals surface area contributed by atoms with Crippen molar-refractivity contribution in [2.24, 2.45) is 0 Å². The Bertz CT molecular complexity index is 1010. The highest BCUT2D eigenvalue weighted by atomic mass is 16.5. The summed E-state index contributed by atoms with van der Waals surface area (Å²) in [7, 11) is 1.92. The summed E-state index contributed by atoms with van der Waals surface area (Å²) >= 11 is 0. The molecular weight excluding hydrogens is 368 g/mol. The number of nitrogens with one attached hydrogen (secondary N) is 1. The van der Waals surface area contributed by atoms with Crippen LogP contribution in [0.3, 0.4) is 0 Å². The minimum Gasteiger partial charge on any atom is -0.454 e. The van der Waals surface area contributed by atoms with Gasteiger partial charge in [0, 0.05) is 42.5 Å². The summed E-state index contributed by atoms with van der Waals surface area (Å²) in [6.45, 7) is 5.16. The van der Waals surface area contributed by atoms with E-state index in [1.807, 2.05) is 30.1 Å². The van der Waals surface area contributed by atoms with E-state index in [1.54, 1.807) is 24.3 Å². The molecule has 3 rings (SSSR count). The quantitative estimate of drug-likeness (QED) is 0.621. The minimum atomic E-state index is -0.619. The van der Waals surface area contributed by atoms with Gasteiger partial charge < -0.3 is 15.0 Å². The smallest absolute Gasteiger partial charge is 0.338 e. The van der Waals surface area contributed by atoms with Crippen LogP contribution in [-0.2, 0) is 19.7 Å². The van der Waals surface area contributed by atoms with Crippen LogP contribution in [0, 0.1) is 0 Å². The van der Waals surface area contributed by atoms with Crippen molar-refractivity contribution in [2.45, 2.75) is 26.2 Å². The zero-order chi connectivity index (χ0) is 21.2. The van der Waals surface area contributed by atoms with Gasteiger partial charge in [0.1, 0.15) is 0 Å². The number of carbonyl (C=O) groups excluding carboxylic acids is 3. The van der Waals surface area contributed by atoms with Crippen molar-refractivity contribution >= 4 is 29.0 Å². The van der Waals surface area contributed by atoms with Crippen molar-refractivity contribution in [3.8, 4) is 0 Å². The summed E-state index contributed by atoms with van der Waals surface area (Å²) in [5.74, 6) is -1.15. The van der Waals surface area contributed by atoms with E-state index in [-0.39, 0.29) is 29.3 Å². The number of para-hydroxylation sites is 1. The highest BCUT2D eigenvalue weighted by Crippen LogP contribution is 2.46. The molecule has 1 heterocycles. The van der Waals surface area contributed by atoms with Crippen molar-refractivity contribution in [1.82, 2.24) is 0 Å². The molecule has 29 heavy (non-hydrogen) atoms. The van der Waals surface area contributed by atoms with Crippen molar-refractivity contribution in [3.63, 3.8) is 0 Å². The molecule has 1 amide bonds. The van der Waals surface area contributed by atoms with Crippen molar-refractivity contribution < 1.29 is 19.1 Å². The molecule has 0 bridgehead atoms. The third kappa shape index (κ3) is 4.21. The fourth-order valence-electron chi connectivity index (χ4n) is 3.60. The van der Waals surface area contributed by atoms with Gasteiger partial charge in [-0.25, -0.2) is 4.79 Å². The van der Waals surface area contributed by atoms with Crippen molar-refractivity contribution in [2.75, 3.05) is 23.9 Å². The topological polar surface area (TPSA) is 75.7 Å². The van der Waals surface area contributed by atoms with Crippen LogP contribution in [0.25, 0.3) is 0 Å². The summed E-state index contributed by atoms with van der Waals surface area (Å²) in [6, 6.07) is 14.4. The van der Waals surface area contributed by atoms with E-state index in [0.29, 0.717) is 5.69 Å². The van der Waals surface area contributed by atoms with Gasteiger partial charge in [-0.3, -0.25) is 9.59 Å². The maximum atomic E-state index is 12.5. The number of rotatable bonds is 5. The van der Waals surface area contributed by atoms with Crippen LogP contribution in [0.5, 0.6) is 0 Å². The Hall–Kier alpha value is -3.41. The zero-order valence-corrected chi connectivity index (χ0v) is 17.0. The molecule has 0 fully saturated rings. The number of allylic oxidation sites excluding steroid dienone is 1. The van der Waals surface area contributed by atoms with Gasteiger partial charge in [-0.1, -0.05) is 38.1 Å². The summed E-state index contributed by atoms with van der Waals surface area (Å²) in [5, 5.41) is 2.61. The standard InChI is InChI=1S/C23H24N2O4/c1-15(26)24-17-9-7-8-16(12-17)22(28)29-14-18(27)13-21-23(2,3)19-10-5-6-11-20(19)25(21)4/h5-13H,14H2,1-4H3,(H,24,26)/b21-13-. The highest BCUT2D eigenvalue weighted by molar-refractivity contribution is 5.97. The highest BCUT2D eigenvalue weighted by Gasteiger charge is 2.38. The van der Waals surface area contributed by atoms with E-state index in [1.165, 1.54) is 13.0 Å². The maximum absolute atomic E-state index is 12.5. The summed E-state index contributed by atoms with van der Waals surface area (Å²) < 4.78 is 5.18. The number of nitrogens with zero attached hydrogens (tertiary/aromatic N) is 1. The number of anilines is 2. The SMILES string of the molecule is CC(=O)Nc1cccc(C(=O)OCC(=O)/C=C2\N(C)c3ccccc3C2(C)C)c1. The minimum absolute atomic E-state index is 0.235. The number of amides is 1. The molecule has 1 aliphatic rings. The predicted octanol–water partition coefficient (Wildman–Crippen LogP) is 3.68. The molecule has 1 aliphatic heterocycles. The van der Waals surface area contributed by atoms with Gasteiger partial charge in [-0.15, -0.1) is 0 Å². The van der Waals surface area contributed by atoms with Crippen LogP contribution in [0.1, 0.15) is 36.7 Å². The number of likely N-dealkylation sites (N-methyl/N-ethyl adjacent to an activating group) is 1. The second kappa shape index (κ2) is 7.91. The molecule has 0 atom stereocenters. The normalized spacial score (nSPS) is 15.7. The molecule has 6 heteroatoms. The average Bonchev–Trinajstić information content (AvgIpc) is 2.87. The third-order valence-electron chi connectivity index (χ3n) is 5.00. The lowest BCUT2D eigenvalue weighted by Gasteiger charge is -2.23. The summed E-state index contributed by atoms with van der Waals surface area (Å²) in [6.07, 6.45) is 1.54. The first kappa shape index (κ1) is 20.3. The Kier molecular flexibility index (Phi) is 5.55. The van der Waals surface area contributed by atoms with Gasteiger partial charge in [0.2, 0.25) is 5.91 Å². The Labute approximate surface area is 170 Å². The second-order valence-electron chi connectivity index (χ2n) is 7.54. The second-order valence-corrected chi connectivity index (χ2v) is 7.54. The van der Waals surface area contributed by atoms with Gasteiger partial charge in [0.05, 0.1) is 5.56 Å². The number of ether oxygens (including phenoxy) is 1. The zero-order valence-electron chi connectivity index (χ0n) is 17.0.